The summed E-state index contributed by atoms with van der Waals surface area (Å²) in [6.07, 6.45) is 0. The lowest BCUT2D eigenvalue weighted by molar-refractivity contribution is -0.159. The van der Waals surface area contributed by atoms with Gasteiger partial charge < -0.3 is 15.3 Å². The van der Waals surface area contributed by atoms with Crippen molar-refractivity contribution in [2.24, 2.45) is 0 Å². The highest BCUT2D eigenvalue weighted by Crippen LogP contribution is 2.21. The van der Waals surface area contributed by atoms with E-state index in [4.69, 9.17) is 19.8 Å². The number of aryl methyl sites for hydroxylation is 3. The molecule has 0 saturated heterocycles. The van der Waals surface area contributed by atoms with E-state index >= 15 is 0 Å². The molecule has 0 saturated carbocycles. The Morgan fingerprint density at radius 1 is 0.938 bits per heavy atom. The molecule has 0 unspecified atom stereocenters. The van der Waals surface area contributed by atoms with E-state index in [1.165, 1.54) is 5.56 Å². The van der Waals surface area contributed by atoms with Gasteiger partial charge >= 0.3 is 11.9 Å². The highest BCUT2D eigenvalue weighted by molar-refractivity contribution is 6.27. The molecule has 0 bridgehead atoms. The van der Waals surface area contributed by atoms with Crippen LogP contribution in [0.5, 0.6) is 5.75 Å². The van der Waals surface area contributed by atoms with Crippen molar-refractivity contribution >= 4 is 11.9 Å². The molecule has 16 heavy (non-hydrogen) atoms. The largest absolute Gasteiger partial charge is 0.507 e. The van der Waals surface area contributed by atoms with Gasteiger partial charge in [0.1, 0.15) is 5.75 Å². The first-order valence-electron chi connectivity index (χ1n) is 4.48. The standard InChI is InChI=1S/C9H12O.C2H2O4/c1-6-4-7(2)9(10)8(3)5-6;3-1(4)2(5)6/h4-5,10H,1-3H3;(H,3,4)(H,5,6). The number of aliphatic carboxylic acids is 2. The summed E-state index contributed by atoms with van der Waals surface area (Å²) in [6, 6.07) is 3.95. The minimum Gasteiger partial charge on any atom is -0.507 e. The van der Waals surface area contributed by atoms with Gasteiger partial charge in [-0.05, 0) is 31.9 Å². The van der Waals surface area contributed by atoms with Crippen molar-refractivity contribution in [1.29, 1.82) is 0 Å². The lowest BCUT2D eigenvalue weighted by Crippen LogP contribution is -2.09. The van der Waals surface area contributed by atoms with Crippen LogP contribution in [0, 0.1) is 20.8 Å². The maximum Gasteiger partial charge on any atom is 0.414 e. The van der Waals surface area contributed by atoms with Crippen molar-refractivity contribution in [1.82, 2.24) is 0 Å². The van der Waals surface area contributed by atoms with Crippen LogP contribution >= 0.6 is 0 Å². The number of carbonyl (C=O) groups is 2. The summed E-state index contributed by atoms with van der Waals surface area (Å²) in [4.78, 5) is 18.2. The Morgan fingerprint density at radius 3 is 1.50 bits per heavy atom. The number of carboxylic acids is 2. The SMILES string of the molecule is Cc1cc(C)c(O)c(C)c1.O=C(O)C(=O)O. The van der Waals surface area contributed by atoms with E-state index in [-0.39, 0.29) is 0 Å². The van der Waals surface area contributed by atoms with Crippen LogP contribution in [0.3, 0.4) is 0 Å². The first-order chi connectivity index (χ1) is 7.25. The van der Waals surface area contributed by atoms with Gasteiger partial charge in [-0.1, -0.05) is 17.7 Å². The van der Waals surface area contributed by atoms with Crippen molar-refractivity contribution in [3.8, 4) is 5.75 Å². The van der Waals surface area contributed by atoms with E-state index in [9.17, 15) is 5.11 Å². The summed E-state index contributed by atoms with van der Waals surface area (Å²) in [5.41, 5.74) is 3.11. The fourth-order valence-electron chi connectivity index (χ4n) is 1.17. The summed E-state index contributed by atoms with van der Waals surface area (Å²) in [6.45, 7) is 5.85. The lowest BCUT2D eigenvalue weighted by Gasteiger charge is -2.03. The maximum absolute atomic E-state index is 9.33. The predicted octanol–water partition coefficient (Wildman–Crippen LogP) is 1.47. The van der Waals surface area contributed by atoms with Gasteiger partial charge in [-0.15, -0.1) is 0 Å². The Labute approximate surface area is 93.0 Å². The Morgan fingerprint density at radius 2 is 1.25 bits per heavy atom. The van der Waals surface area contributed by atoms with Crippen LogP contribution in [0.2, 0.25) is 0 Å². The van der Waals surface area contributed by atoms with Crippen molar-refractivity contribution in [2.75, 3.05) is 0 Å². The molecule has 0 heterocycles. The average Bonchev–Trinajstić information content (AvgIpc) is 2.14. The number of rotatable bonds is 0. The van der Waals surface area contributed by atoms with Crippen LogP contribution in [-0.4, -0.2) is 27.3 Å². The zero-order valence-corrected chi connectivity index (χ0v) is 9.31. The molecule has 1 aromatic carbocycles. The van der Waals surface area contributed by atoms with E-state index < -0.39 is 11.9 Å². The highest BCUT2D eigenvalue weighted by Gasteiger charge is 2.04. The van der Waals surface area contributed by atoms with E-state index in [0.29, 0.717) is 5.75 Å². The second kappa shape index (κ2) is 5.75. The number of hydrogen-bond acceptors (Lipinski definition) is 3. The van der Waals surface area contributed by atoms with Crippen LogP contribution in [-0.2, 0) is 9.59 Å². The number of carboxylic acid groups (broad SMARTS) is 2. The number of hydrogen-bond donors (Lipinski definition) is 3. The molecule has 0 spiro atoms. The van der Waals surface area contributed by atoms with Crippen LogP contribution in [0.25, 0.3) is 0 Å². The Kier molecular flexibility index (Phi) is 5.01. The first-order valence-corrected chi connectivity index (χ1v) is 4.48. The molecule has 0 aromatic heterocycles. The third kappa shape index (κ3) is 4.45. The fourth-order valence-corrected chi connectivity index (χ4v) is 1.17. The summed E-state index contributed by atoms with van der Waals surface area (Å²) in [7, 11) is 0. The van der Waals surface area contributed by atoms with E-state index in [2.05, 4.69) is 0 Å². The topological polar surface area (TPSA) is 94.8 Å². The Bertz CT molecular complexity index is 374. The highest BCUT2D eigenvalue weighted by atomic mass is 16.4. The average molecular weight is 226 g/mol. The third-order valence-electron chi connectivity index (χ3n) is 1.82. The van der Waals surface area contributed by atoms with Gasteiger partial charge in [0, 0.05) is 0 Å². The zero-order valence-electron chi connectivity index (χ0n) is 9.31. The van der Waals surface area contributed by atoms with Gasteiger partial charge in [0.05, 0.1) is 0 Å². The molecule has 5 heteroatoms. The molecule has 0 amide bonds. The minimum absolute atomic E-state index is 0.422. The quantitative estimate of drug-likeness (QED) is 0.582. The van der Waals surface area contributed by atoms with Crippen molar-refractivity contribution in [2.45, 2.75) is 20.8 Å². The normalized spacial score (nSPS) is 8.94. The van der Waals surface area contributed by atoms with E-state index in [1.54, 1.807) is 0 Å². The molecule has 0 atom stereocenters. The monoisotopic (exact) mass is 226 g/mol. The second-order valence-corrected chi connectivity index (χ2v) is 3.36. The smallest absolute Gasteiger partial charge is 0.414 e. The number of benzene rings is 1. The molecular formula is C11H14O5. The van der Waals surface area contributed by atoms with Crippen LogP contribution < -0.4 is 0 Å². The maximum atomic E-state index is 9.33. The zero-order chi connectivity index (χ0) is 12.9. The van der Waals surface area contributed by atoms with Gasteiger partial charge in [-0.3, -0.25) is 0 Å². The van der Waals surface area contributed by atoms with Gasteiger partial charge in [0.25, 0.3) is 0 Å². The van der Waals surface area contributed by atoms with Crippen molar-refractivity contribution in [3.63, 3.8) is 0 Å². The lowest BCUT2D eigenvalue weighted by atomic mass is 10.1. The minimum atomic E-state index is -1.82. The van der Waals surface area contributed by atoms with Crippen molar-refractivity contribution in [3.05, 3.63) is 28.8 Å². The Hall–Kier alpha value is -2.04. The molecule has 0 aliphatic rings. The number of aromatic hydroxyl groups is 1. The molecule has 88 valence electrons. The second-order valence-electron chi connectivity index (χ2n) is 3.36. The molecule has 0 fully saturated rings. The number of phenols is 1. The molecule has 3 N–H and O–H groups in total. The van der Waals surface area contributed by atoms with Crippen molar-refractivity contribution < 1.29 is 24.9 Å². The summed E-state index contributed by atoms with van der Waals surface area (Å²) < 4.78 is 0. The van der Waals surface area contributed by atoms with E-state index in [0.717, 1.165) is 11.1 Å². The first kappa shape index (κ1) is 14.0. The van der Waals surface area contributed by atoms with E-state index in [1.807, 2.05) is 32.9 Å². The van der Waals surface area contributed by atoms with Crippen LogP contribution in [0.15, 0.2) is 12.1 Å². The molecular weight excluding hydrogens is 212 g/mol. The van der Waals surface area contributed by atoms with Gasteiger partial charge in [-0.2, -0.15) is 0 Å². The van der Waals surface area contributed by atoms with Crippen LogP contribution in [0.4, 0.5) is 0 Å². The van der Waals surface area contributed by atoms with Gasteiger partial charge in [0.2, 0.25) is 0 Å². The molecule has 1 aromatic rings. The molecule has 0 aliphatic heterocycles. The molecule has 5 nitrogen and oxygen atoms in total. The number of phenolic OH excluding ortho intramolecular Hbond substituents is 1. The summed E-state index contributed by atoms with van der Waals surface area (Å²) >= 11 is 0. The fraction of sp³-hybridized carbons (Fsp3) is 0.273. The summed E-state index contributed by atoms with van der Waals surface area (Å²) in [5, 5.41) is 24.1. The van der Waals surface area contributed by atoms with Crippen LogP contribution in [0.1, 0.15) is 16.7 Å². The summed E-state index contributed by atoms with van der Waals surface area (Å²) in [5.74, 6) is -3.23. The van der Waals surface area contributed by atoms with Gasteiger partial charge in [-0.25, -0.2) is 9.59 Å². The van der Waals surface area contributed by atoms with Gasteiger partial charge in [0.15, 0.2) is 0 Å². The third-order valence-corrected chi connectivity index (χ3v) is 1.82. The molecule has 1 rings (SSSR count). The Balaban J connectivity index is 0.000000325. The molecule has 0 aliphatic carbocycles. The molecule has 0 radical (unpaired) electrons. The predicted molar refractivity (Wildman–Crippen MR) is 57.6 cm³/mol.